The zero-order valence-corrected chi connectivity index (χ0v) is 13.2. The minimum atomic E-state index is 0.765. The summed E-state index contributed by atoms with van der Waals surface area (Å²) in [4.78, 5) is 8.57. The molecule has 0 aliphatic carbocycles. The summed E-state index contributed by atoms with van der Waals surface area (Å²) in [6, 6.07) is 16.4. The van der Waals surface area contributed by atoms with Crippen LogP contribution in [-0.2, 0) is 6.42 Å². The topological polar surface area (TPSA) is 37.8 Å². The Morgan fingerprint density at radius 1 is 1.00 bits per heavy atom. The first-order valence-electron chi connectivity index (χ1n) is 7.88. The number of aromatic nitrogens is 2. The van der Waals surface area contributed by atoms with Crippen molar-refractivity contribution in [3.8, 4) is 11.8 Å². The van der Waals surface area contributed by atoms with Crippen molar-refractivity contribution in [2.75, 3.05) is 11.9 Å². The molecule has 0 saturated carbocycles. The van der Waals surface area contributed by atoms with Gasteiger partial charge in [0.15, 0.2) is 0 Å². The van der Waals surface area contributed by atoms with Gasteiger partial charge < -0.3 is 5.32 Å². The average molecular weight is 301 g/mol. The molecule has 3 nitrogen and oxygen atoms in total. The first kappa shape index (κ1) is 15.1. The van der Waals surface area contributed by atoms with Crippen LogP contribution in [0.25, 0.3) is 10.9 Å². The van der Waals surface area contributed by atoms with E-state index >= 15 is 0 Å². The van der Waals surface area contributed by atoms with Gasteiger partial charge in [0.05, 0.1) is 5.52 Å². The summed E-state index contributed by atoms with van der Waals surface area (Å²) in [5, 5.41) is 4.38. The monoisotopic (exact) mass is 301 g/mol. The van der Waals surface area contributed by atoms with Crippen LogP contribution in [0.2, 0.25) is 0 Å². The molecular weight excluding hydrogens is 282 g/mol. The molecule has 2 aromatic carbocycles. The molecule has 0 aliphatic heterocycles. The Hall–Kier alpha value is -2.86. The molecule has 1 aromatic heterocycles. The number of hydrogen-bond donors (Lipinski definition) is 1. The highest BCUT2D eigenvalue weighted by atomic mass is 15.0. The predicted octanol–water partition coefficient (Wildman–Crippen LogP) is 4.05. The molecule has 0 aliphatic rings. The SMILES string of the molecule is CCc1ccc(C#CCCNc2ncnc3ccccc23)cc1. The van der Waals surface area contributed by atoms with E-state index in [1.54, 1.807) is 6.33 Å². The lowest BCUT2D eigenvalue weighted by Crippen LogP contribution is -2.03. The van der Waals surface area contributed by atoms with Gasteiger partial charge in [-0.25, -0.2) is 9.97 Å². The molecule has 0 radical (unpaired) electrons. The van der Waals surface area contributed by atoms with Gasteiger partial charge in [0.2, 0.25) is 0 Å². The maximum absolute atomic E-state index is 4.31. The lowest BCUT2D eigenvalue weighted by Gasteiger charge is -2.05. The molecule has 0 fully saturated rings. The van der Waals surface area contributed by atoms with Crippen molar-refractivity contribution in [3.05, 3.63) is 66.0 Å². The van der Waals surface area contributed by atoms with Gasteiger partial charge in [0.25, 0.3) is 0 Å². The van der Waals surface area contributed by atoms with Gasteiger partial charge in [-0.15, -0.1) is 0 Å². The highest BCUT2D eigenvalue weighted by Gasteiger charge is 2.00. The molecule has 0 atom stereocenters. The number of hydrogen-bond acceptors (Lipinski definition) is 3. The Morgan fingerprint density at radius 2 is 1.83 bits per heavy atom. The van der Waals surface area contributed by atoms with Crippen LogP contribution < -0.4 is 5.32 Å². The van der Waals surface area contributed by atoms with E-state index in [2.05, 4.69) is 58.3 Å². The number of para-hydroxylation sites is 1. The zero-order valence-electron chi connectivity index (χ0n) is 13.2. The van der Waals surface area contributed by atoms with E-state index in [-0.39, 0.29) is 0 Å². The van der Waals surface area contributed by atoms with Crippen molar-refractivity contribution in [2.24, 2.45) is 0 Å². The van der Waals surface area contributed by atoms with Gasteiger partial charge in [-0.1, -0.05) is 43.0 Å². The number of nitrogens with zero attached hydrogens (tertiary/aromatic N) is 2. The Morgan fingerprint density at radius 3 is 2.65 bits per heavy atom. The molecule has 1 N–H and O–H groups in total. The van der Waals surface area contributed by atoms with Crippen molar-refractivity contribution in [1.82, 2.24) is 9.97 Å². The number of anilines is 1. The lowest BCUT2D eigenvalue weighted by atomic mass is 10.1. The first-order valence-corrected chi connectivity index (χ1v) is 7.88. The van der Waals surface area contributed by atoms with Gasteiger partial charge >= 0.3 is 0 Å². The number of fused-ring (bicyclic) bond motifs is 1. The normalized spacial score (nSPS) is 10.1. The van der Waals surface area contributed by atoms with Crippen LogP contribution in [0.1, 0.15) is 24.5 Å². The van der Waals surface area contributed by atoms with Gasteiger partial charge in [0, 0.05) is 23.9 Å². The fourth-order valence-corrected chi connectivity index (χ4v) is 2.38. The van der Waals surface area contributed by atoms with Gasteiger partial charge in [-0.2, -0.15) is 0 Å². The zero-order chi connectivity index (χ0) is 15.9. The highest BCUT2D eigenvalue weighted by molar-refractivity contribution is 5.88. The van der Waals surface area contributed by atoms with Crippen LogP contribution in [0.3, 0.4) is 0 Å². The quantitative estimate of drug-likeness (QED) is 0.583. The van der Waals surface area contributed by atoms with E-state index in [1.165, 1.54) is 5.56 Å². The second kappa shape index (κ2) is 7.42. The molecule has 3 aromatic rings. The van der Waals surface area contributed by atoms with Crippen molar-refractivity contribution in [1.29, 1.82) is 0 Å². The number of nitrogens with one attached hydrogen (secondary N) is 1. The van der Waals surface area contributed by atoms with Crippen LogP contribution in [0.15, 0.2) is 54.9 Å². The van der Waals surface area contributed by atoms with E-state index < -0.39 is 0 Å². The highest BCUT2D eigenvalue weighted by Crippen LogP contribution is 2.17. The van der Waals surface area contributed by atoms with Gasteiger partial charge in [-0.05, 0) is 36.2 Å². The van der Waals surface area contributed by atoms with E-state index in [1.807, 2.05) is 24.3 Å². The van der Waals surface area contributed by atoms with E-state index in [0.29, 0.717) is 0 Å². The third kappa shape index (κ3) is 3.87. The summed E-state index contributed by atoms with van der Waals surface area (Å²) in [5.74, 6) is 7.26. The number of rotatable bonds is 4. The Balaban J connectivity index is 1.58. The second-order valence-electron chi connectivity index (χ2n) is 5.27. The van der Waals surface area contributed by atoms with E-state index in [4.69, 9.17) is 0 Å². The predicted molar refractivity (Wildman–Crippen MR) is 95.3 cm³/mol. The van der Waals surface area contributed by atoms with E-state index in [9.17, 15) is 0 Å². The minimum absolute atomic E-state index is 0.765. The fraction of sp³-hybridized carbons (Fsp3) is 0.200. The molecule has 0 amide bonds. The lowest BCUT2D eigenvalue weighted by molar-refractivity contribution is 1.07. The fourth-order valence-electron chi connectivity index (χ4n) is 2.38. The summed E-state index contributed by atoms with van der Waals surface area (Å²) in [6.07, 6.45) is 3.42. The van der Waals surface area contributed by atoms with Crippen molar-refractivity contribution >= 4 is 16.7 Å². The molecule has 0 bridgehead atoms. The van der Waals surface area contributed by atoms with Crippen molar-refractivity contribution < 1.29 is 0 Å². The first-order chi connectivity index (χ1) is 11.4. The number of benzene rings is 2. The summed E-state index contributed by atoms with van der Waals surface area (Å²) < 4.78 is 0. The largest absolute Gasteiger partial charge is 0.368 e. The van der Waals surface area contributed by atoms with Crippen LogP contribution in [0.4, 0.5) is 5.82 Å². The molecule has 0 saturated heterocycles. The van der Waals surface area contributed by atoms with E-state index in [0.717, 1.165) is 41.7 Å². The summed E-state index contributed by atoms with van der Waals surface area (Å²) >= 11 is 0. The summed E-state index contributed by atoms with van der Waals surface area (Å²) in [7, 11) is 0. The Kier molecular flexibility index (Phi) is 4.85. The standard InChI is InChI=1S/C20H19N3/c1-2-16-10-12-17(13-11-16)7-5-6-14-21-20-18-8-3-4-9-19(18)22-15-23-20/h3-4,8-13,15H,2,6,14H2,1H3,(H,21,22,23). The molecular formula is C20H19N3. The van der Waals surface area contributed by atoms with Gasteiger partial charge in [0.1, 0.15) is 12.1 Å². The molecule has 0 spiro atoms. The third-order valence-corrected chi connectivity index (χ3v) is 3.68. The summed E-state index contributed by atoms with van der Waals surface area (Å²) in [6.45, 7) is 2.92. The summed E-state index contributed by atoms with van der Waals surface area (Å²) in [5.41, 5.74) is 3.36. The maximum atomic E-state index is 4.31. The molecule has 23 heavy (non-hydrogen) atoms. The molecule has 1 heterocycles. The Bertz CT molecular complexity index is 837. The van der Waals surface area contributed by atoms with Crippen LogP contribution in [0.5, 0.6) is 0 Å². The maximum Gasteiger partial charge on any atom is 0.137 e. The smallest absolute Gasteiger partial charge is 0.137 e. The van der Waals surface area contributed by atoms with Crippen molar-refractivity contribution in [3.63, 3.8) is 0 Å². The van der Waals surface area contributed by atoms with Crippen LogP contribution in [-0.4, -0.2) is 16.5 Å². The molecule has 0 unspecified atom stereocenters. The second-order valence-corrected chi connectivity index (χ2v) is 5.27. The van der Waals surface area contributed by atoms with Crippen LogP contribution in [0, 0.1) is 11.8 Å². The van der Waals surface area contributed by atoms with Crippen molar-refractivity contribution in [2.45, 2.75) is 19.8 Å². The molecule has 3 heteroatoms. The minimum Gasteiger partial charge on any atom is -0.368 e. The van der Waals surface area contributed by atoms with Crippen LogP contribution >= 0.6 is 0 Å². The average Bonchev–Trinajstić information content (AvgIpc) is 2.62. The Labute approximate surface area is 136 Å². The molecule has 114 valence electrons. The molecule has 3 rings (SSSR count). The third-order valence-electron chi connectivity index (χ3n) is 3.68. The number of aryl methyl sites for hydroxylation is 1. The van der Waals surface area contributed by atoms with Gasteiger partial charge in [-0.3, -0.25) is 0 Å².